The van der Waals surface area contributed by atoms with Crippen LogP contribution in [0, 0.1) is 0 Å². The van der Waals surface area contributed by atoms with Crippen molar-refractivity contribution in [3.8, 4) is 0 Å². The molecule has 4 rings (SSSR count). The van der Waals surface area contributed by atoms with Gasteiger partial charge in [0.2, 0.25) is 0 Å². The minimum atomic E-state index is -4.01. The van der Waals surface area contributed by atoms with Crippen LogP contribution in [-0.2, 0) is 14.8 Å². The van der Waals surface area contributed by atoms with Gasteiger partial charge in [-0.05, 0) is 30.3 Å². The molecule has 1 amide bonds. The fourth-order valence-corrected chi connectivity index (χ4v) is 4.71. The molecular weight excluding hydrogens is 460 g/mol. The Morgan fingerprint density at radius 3 is 2.66 bits per heavy atom. The second-order valence-electron chi connectivity index (χ2n) is 6.38. The van der Waals surface area contributed by atoms with E-state index in [0.29, 0.717) is 36.3 Å². The number of amides is 1. The Hall–Kier alpha value is -2.56. The lowest BCUT2D eigenvalue weighted by molar-refractivity contribution is 0.0303. The monoisotopic (exact) mass is 476 g/mol. The van der Waals surface area contributed by atoms with Gasteiger partial charge in [-0.3, -0.25) is 19.5 Å². The second-order valence-corrected chi connectivity index (χ2v) is 8.95. The molecule has 1 fully saturated rings. The summed E-state index contributed by atoms with van der Waals surface area (Å²) in [5, 5.41) is 0. The lowest BCUT2D eigenvalue weighted by Crippen LogP contribution is -2.41. The van der Waals surface area contributed by atoms with Crippen LogP contribution in [-0.4, -0.2) is 55.5 Å². The van der Waals surface area contributed by atoms with Gasteiger partial charge in [-0.2, -0.15) is 0 Å². The molecule has 0 atom stereocenters. The first-order valence-corrected chi connectivity index (χ1v) is 11.1. The van der Waals surface area contributed by atoms with E-state index in [2.05, 4.69) is 30.6 Å². The third-order valence-corrected chi connectivity index (χ3v) is 6.40. The first-order valence-electron chi connectivity index (χ1n) is 8.85. The van der Waals surface area contributed by atoms with E-state index in [1.807, 2.05) is 0 Å². The summed E-state index contributed by atoms with van der Waals surface area (Å²) in [5.74, 6) is -0.254. The summed E-state index contributed by atoms with van der Waals surface area (Å²) >= 11 is 3.34. The molecule has 0 spiro atoms. The molecular formula is C19H17BrN4O4S. The van der Waals surface area contributed by atoms with Gasteiger partial charge in [0.1, 0.15) is 10.4 Å². The summed E-state index contributed by atoms with van der Waals surface area (Å²) < 4.78 is 34.8. The maximum atomic E-state index is 13.1. The van der Waals surface area contributed by atoms with Gasteiger partial charge in [0, 0.05) is 30.0 Å². The number of anilines is 1. The molecule has 1 aliphatic heterocycles. The molecule has 0 aliphatic carbocycles. The summed E-state index contributed by atoms with van der Waals surface area (Å²) in [6.07, 6.45) is 2.94. The largest absolute Gasteiger partial charge is 0.378 e. The van der Waals surface area contributed by atoms with Crippen LogP contribution in [0.25, 0.3) is 11.0 Å². The molecule has 2 heterocycles. The summed E-state index contributed by atoms with van der Waals surface area (Å²) in [4.78, 5) is 22.9. The number of morpholine rings is 1. The predicted octanol–water partition coefficient (Wildman–Crippen LogP) is 2.67. The number of hydrogen-bond donors (Lipinski definition) is 1. The van der Waals surface area contributed by atoms with Crippen molar-refractivity contribution >= 4 is 48.6 Å². The third kappa shape index (κ3) is 4.09. The number of nitrogens with zero attached hydrogens (tertiary/aromatic N) is 3. The zero-order chi connectivity index (χ0) is 20.4. The Morgan fingerprint density at radius 1 is 1.10 bits per heavy atom. The van der Waals surface area contributed by atoms with Crippen molar-refractivity contribution in [1.29, 1.82) is 0 Å². The van der Waals surface area contributed by atoms with Crippen molar-refractivity contribution in [3.05, 3.63) is 58.8 Å². The van der Waals surface area contributed by atoms with E-state index in [1.54, 1.807) is 35.2 Å². The van der Waals surface area contributed by atoms with Crippen molar-refractivity contribution in [2.45, 2.75) is 4.90 Å². The molecule has 0 bridgehead atoms. The van der Waals surface area contributed by atoms with E-state index in [1.165, 1.54) is 18.5 Å². The number of nitrogens with one attached hydrogen (secondary N) is 1. The molecule has 3 aromatic rings. The summed E-state index contributed by atoms with van der Waals surface area (Å²) in [6.45, 7) is 1.83. The number of sulfonamides is 1. The van der Waals surface area contributed by atoms with Crippen LogP contribution in [0.2, 0.25) is 0 Å². The van der Waals surface area contributed by atoms with E-state index in [9.17, 15) is 13.2 Å². The van der Waals surface area contributed by atoms with Gasteiger partial charge in [-0.25, -0.2) is 8.42 Å². The Labute approximate surface area is 176 Å². The number of benzene rings is 2. The van der Waals surface area contributed by atoms with Gasteiger partial charge in [-0.1, -0.05) is 22.0 Å². The fourth-order valence-electron chi connectivity index (χ4n) is 3.11. The zero-order valence-corrected chi connectivity index (χ0v) is 17.6. The van der Waals surface area contributed by atoms with E-state index in [-0.39, 0.29) is 27.6 Å². The maximum absolute atomic E-state index is 13.1. The highest BCUT2D eigenvalue weighted by atomic mass is 79.9. The number of carbonyl (C=O) groups excluding carboxylic acids is 1. The maximum Gasteiger partial charge on any atom is 0.264 e. The number of rotatable bonds is 4. The van der Waals surface area contributed by atoms with Gasteiger partial charge in [0.25, 0.3) is 15.9 Å². The summed E-state index contributed by atoms with van der Waals surface area (Å²) in [7, 11) is -4.01. The highest BCUT2D eigenvalue weighted by molar-refractivity contribution is 9.10. The van der Waals surface area contributed by atoms with Crippen molar-refractivity contribution in [2.24, 2.45) is 0 Å². The minimum absolute atomic E-state index is 0.00662. The molecule has 29 heavy (non-hydrogen) atoms. The minimum Gasteiger partial charge on any atom is -0.378 e. The standard InChI is InChI=1S/C19H17BrN4O4S/c20-13-4-5-14(19(25)24-8-10-28-11-9-24)16(12-13)23-29(26,27)17-3-1-2-15-18(17)22-7-6-21-15/h1-7,12,23H,8-11H2. The van der Waals surface area contributed by atoms with Crippen molar-refractivity contribution in [2.75, 3.05) is 31.0 Å². The average molecular weight is 477 g/mol. The smallest absolute Gasteiger partial charge is 0.264 e. The molecule has 0 radical (unpaired) electrons. The number of halogens is 1. The van der Waals surface area contributed by atoms with Crippen LogP contribution in [0.3, 0.4) is 0 Å². The van der Waals surface area contributed by atoms with E-state index in [4.69, 9.17) is 4.74 Å². The molecule has 150 valence electrons. The Kier molecular flexibility index (Phi) is 5.48. The molecule has 1 saturated heterocycles. The molecule has 2 aromatic carbocycles. The molecule has 0 unspecified atom stereocenters. The molecule has 10 heteroatoms. The Morgan fingerprint density at radius 2 is 1.86 bits per heavy atom. The van der Waals surface area contributed by atoms with Gasteiger partial charge in [0.15, 0.2) is 0 Å². The Balaban J connectivity index is 1.73. The predicted molar refractivity (Wildman–Crippen MR) is 111 cm³/mol. The first kappa shape index (κ1) is 19.7. The molecule has 1 aliphatic rings. The quantitative estimate of drug-likeness (QED) is 0.620. The van der Waals surface area contributed by atoms with Gasteiger partial charge in [0.05, 0.1) is 30.0 Å². The number of para-hydroxylation sites is 1. The lowest BCUT2D eigenvalue weighted by atomic mass is 10.1. The molecule has 0 saturated carbocycles. The number of fused-ring (bicyclic) bond motifs is 1. The fraction of sp³-hybridized carbons (Fsp3) is 0.211. The van der Waals surface area contributed by atoms with Gasteiger partial charge >= 0.3 is 0 Å². The number of carbonyl (C=O) groups is 1. The van der Waals surface area contributed by atoms with E-state index >= 15 is 0 Å². The summed E-state index contributed by atoms with van der Waals surface area (Å²) in [5.41, 5.74) is 1.19. The van der Waals surface area contributed by atoms with Crippen molar-refractivity contribution < 1.29 is 17.9 Å². The van der Waals surface area contributed by atoms with Gasteiger partial charge < -0.3 is 9.64 Å². The highest BCUT2D eigenvalue weighted by Crippen LogP contribution is 2.27. The van der Waals surface area contributed by atoms with E-state index in [0.717, 1.165) is 0 Å². The molecule has 8 nitrogen and oxygen atoms in total. The van der Waals surface area contributed by atoms with Crippen LogP contribution >= 0.6 is 15.9 Å². The van der Waals surface area contributed by atoms with E-state index < -0.39 is 10.0 Å². The molecule has 1 N–H and O–H groups in total. The third-order valence-electron chi connectivity index (χ3n) is 4.51. The average Bonchev–Trinajstić information content (AvgIpc) is 2.73. The summed E-state index contributed by atoms with van der Waals surface area (Å²) in [6, 6.07) is 9.63. The zero-order valence-electron chi connectivity index (χ0n) is 15.2. The topological polar surface area (TPSA) is 101 Å². The van der Waals surface area contributed by atoms with Gasteiger partial charge in [-0.15, -0.1) is 0 Å². The SMILES string of the molecule is O=C(c1ccc(Br)cc1NS(=O)(=O)c1cccc2nccnc12)N1CCOCC1. The van der Waals surface area contributed by atoms with Crippen LogP contribution in [0.15, 0.2) is 58.2 Å². The highest BCUT2D eigenvalue weighted by Gasteiger charge is 2.25. The first-order chi connectivity index (χ1) is 14.0. The Bertz CT molecular complexity index is 1170. The normalized spacial score (nSPS) is 14.7. The number of ether oxygens (including phenoxy) is 1. The van der Waals surface area contributed by atoms with Crippen molar-refractivity contribution in [1.82, 2.24) is 14.9 Å². The molecule has 1 aromatic heterocycles. The second kappa shape index (κ2) is 8.05. The van der Waals surface area contributed by atoms with Crippen LogP contribution in [0.5, 0.6) is 0 Å². The van der Waals surface area contributed by atoms with Crippen LogP contribution < -0.4 is 4.72 Å². The van der Waals surface area contributed by atoms with Crippen LogP contribution in [0.1, 0.15) is 10.4 Å². The lowest BCUT2D eigenvalue weighted by Gasteiger charge is -2.27. The van der Waals surface area contributed by atoms with Crippen molar-refractivity contribution in [3.63, 3.8) is 0 Å². The number of aromatic nitrogens is 2. The van der Waals surface area contributed by atoms with Crippen LogP contribution in [0.4, 0.5) is 5.69 Å². The number of hydrogen-bond acceptors (Lipinski definition) is 6.